The number of hydrogen-bond donors (Lipinski definition) is 8. The highest BCUT2D eigenvalue weighted by molar-refractivity contribution is 7.98. The third-order valence-electron chi connectivity index (χ3n) is 4.59. The van der Waals surface area contributed by atoms with Gasteiger partial charge in [0.05, 0.1) is 12.6 Å². The molecule has 0 rings (SSSR count). The minimum Gasteiger partial charge on any atom is -0.480 e. The predicted octanol–water partition coefficient (Wildman–Crippen LogP) is -2.69. The summed E-state index contributed by atoms with van der Waals surface area (Å²) in [7, 11) is 0. The first-order chi connectivity index (χ1) is 15.4. The van der Waals surface area contributed by atoms with Gasteiger partial charge in [-0.2, -0.15) is 11.8 Å². The van der Waals surface area contributed by atoms with Gasteiger partial charge in [-0.15, -0.1) is 0 Å². The SMILES string of the molecule is CSCCC(NC(=O)C(N)CCCN=C(N)N)C(=O)NC(CO)C(=O)NC(C(=O)O)C(C)C. The number of guanidine groups is 1. The first-order valence-corrected chi connectivity index (χ1v) is 11.9. The summed E-state index contributed by atoms with van der Waals surface area (Å²) in [5, 5.41) is 26.0. The van der Waals surface area contributed by atoms with Gasteiger partial charge in [0.1, 0.15) is 18.1 Å². The molecule has 33 heavy (non-hydrogen) atoms. The van der Waals surface area contributed by atoms with Gasteiger partial charge in [-0.05, 0) is 37.2 Å². The molecule has 0 aliphatic heterocycles. The van der Waals surface area contributed by atoms with Crippen molar-refractivity contribution in [2.75, 3.05) is 25.2 Å². The molecular formula is C19H37N7O6S. The van der Waals surface area contributed by atoms with Crippen LogP contribution < -0.4 is 33.2 Å². The number of nitrogens with one attached hydrogen (secondary N) is 3. The second kappa shape index (κ2) is 16.1. The molecule has 11 N–H and O–H groups in total. The molecule has 14 heteroatoms. The van der Waals surface area contributed by atoms with Gasteiger partial charge < -0.3 is 43.4 Å². The fourth-order valence-corrected chi connectivity index (χ4v) is 3.14. The van der Waals surface area contributed by atoms with Gasteiger partial charge >= 0.3 is 5.97 Å². The molecule has 0 aromatic heterocycles. The summed E-state index contributed by atoms with van der Waals surface area (Å²) in [6, 6.07) is -4.48. The van der Waals surface area contributed by atoms with Crippen LogP contribution in [0.1, 0.15) is 33.1 Å². The van der Waals surface area contributed by atoms with Crippen molar-refractivity contribution in [3.63, 3.8) is 0 Å². The van der Waals surface area contributed by atoms with E-state index in [1.807, 2.05) is 6.26 Å². The summed E-state index contributed by atoms with van der Waals surface area (Å²) in [6.07, 6.45) is 2.82. The first kappa shape index (κ1) is 30.4. The Hall–Kier alpha value is -2.58. The lowest BCUT2D eigenvalue weighted by Gasteiger charge is -2.25. The highest BCUT2D eigenvalue weighted by atomic mass is 32.2. The quantitative estimate of drug-likeness (QED) is 0.0632. The van der Waals surface area contributed by atoms with Crippen molar-refractivity contribution >= 4 is 41.4 Å². The van der Waals surface area contributed by atoms with Crippen LogP contribution in [0.25, 0.3) is 0 Å². The predicted molar refractivity (Wildman–Crippen MR) is 126 cm³/mol. The summed E-state index contributed by atoms with van der Waals surface area (Å²) < 4.78 is 0. The number of thioether (sulfide) groups is 1. The van der Waals surface area contributed by atoms with Crippen LogP contribution in [0.5, 0.6) is 0 Å². The average Bonchev–Trinajstić information content (AvgIpc) is 2.74. The maximum Gasteiger partial charge on any atom is 0.326 e. The van der Waals surface area contributed by atoms with Gasteiger partial charge in [-0.1, -0.05) is 13.8 Å². The van der Waals surface area contributed by atoms with Crippen LogP contribution in [0.4, 0.5) is 0 Å². The number of amides is 3. The van der Waals surface area contributed by atoms with E-state index in [9.17, 15) is 29.4 Å². The van der Waals surface area contributed by atoms with Gasteiger partial charge in [0.25, 0.3) is 0 Å². The normalized spacial score (nSPS) is 14.5. The number of aliphatic hydroxyl groups excluding tert-OH is 1. The highest BCUT2D eigenvalue weighted by Gasteiger charge is 2.30. The number of hydrogen-bond acceptors (Lipinski definition) is 8. The minimum absolute atomic E-state index is 0.0626. The van der Waals surface area contributed by atoms with Crippen molar-refractivity contribution in [1.29, 1.82) is 0 Å². The number of aliphatic hydroxyl groups is 1. The number of carbonyl (C=O) groups excluding carboxylic acids is 3. The monoisotopic (exact) mass is 491 g/mol. The summed E-state index contributed by atoms with van der Waals surface area (Å²) in [5.74, 6) is -3.29. The summed E-state index contributed by atoms with van der Waals surface area (Å²) in [4.78, 5) is 52.7. The lowest BCUT2D eigenvalue weighted by Crippen LogP contribution is -2.58. The van der Waals surface area contributed by atoms with E-state index in [0.717, 1.165) is 0 Å². The Kier molecular flexibility index (Phi) is 14.8. The molecule has 0 spiro atoms. The number of aliphatic imine (C=N–C) groups is 1. The molecule has 190 valence electrons. The van der Waals surface area contributed by atoms with Crippen molar-refractivity contribution < 1.29 is 29.4 Å². The number of carboxylic acid groups (broad SMARTS) is 1. The van der Waals surface area contributed by atoms with E-state index in [4.69, 9.17) is 17.2 Å². The molecule has 0 heterocycles. The smallest absolute Gasteiger partial charge is 0.326 e. The standard InChI is InChI=1S/C19H37N7O6S/c1-10(2)14(18(31)32)26-17(30)13(9-27)25-16(29)12(6-8-33-3)24-15(28)11(20)5-4-7-23-19(21)22/h10-14,27H,4-9,20H2,1-3H3,(H,24,28)(H,25,29)(H,26,30)(H,31,32)(H4,21,22,23). The Morgan fingerprint density at radius 2 is 1.55 bits per heavy atom. The van der Waals surface area contributed by atoms with Gasteiger partial charge in [0.2, 0.25) is 17.7 Å². The van der Waals surface area contributed by atoms with E-state index < -0.39 is 60.4 Å². The molecule has 0 aliphatic rings. The topological polar surface area (TPSA) is 235 Å². The minimum atomic E-state index is -1.39. The molecule has 0 aliphatic carbocycles. The third-order valence-corrected chi connectivity index (χ3v) is 5.24. The molecule has 0 saturated carbocycles. The van der Waals surface area contributed by atoms with E-state index in [0.29, 0.717) is 18.7 Å². The van der Waals surface area contributed by atoms with Crippen molar-refractivity contribution in [3.8, 4) is 0 Å². The third kappa shape index (κ3) is 12.3. The molecule has 13 nitrogen and oxygen atoms in total. The van der Waals surface area contributed by atoms with Crippen LogP contribution in [0.3, 0.4) is 0 Å². The van der Waals surface area contributed by atoms with Crippen molar-refractivity contribution in [1.82, 2.24) is 16.0 Å². The van der Waals surface area contributed by atoms with Crippen molar-refractivity contribution in [2.24, 2.45) is 28.1 Å². The van der Waals surface area contributed by atoms with Crippen LogP contribution >= 0.6 is 11.8 Å². The van der Waals surface area contributed by atoms with Gasteiger partial charge in [-0.3, -0.25) is 19.4 Å². The molecule has 0 aromatic carbocycles. The fourth-order valence-electron chi connectivity index (χ4n) is 2.67. The van der Waals surface area contributed by atoms with Crippen molar-refractivity contribution in [3.05, 3.63) is 0 Å². The van der Waals surface area contributed by atoms with E-state index in [2.05, 4.69) is 20.9 Å². The summed E-state index contributed by atoms with van der Waals surface area (Å²) in [5.41, 5.74) is 16.4. The second-order valence-electron chi connectivity index (χ2n) is 7.71. The first-order valence-electron chi connectivity index (χ1n) is 10.5. The number of nitrogens with two attached hydrogens (primary N) is 3. The number of carbonyl (C=O) groups is 4. The zero-order valence-corrected chi connectivity index (χ0v) is 20.1. The van der Waals surface area contributed by atoms with Crippen LogP contribution in [-0.4, -0.2) is 89.2 Å². The Morgan fingerprint density at radius 1 is 0.970 bits per heavy atom. The van der Waals surface area contributed by atoms with Crippen LogP contribution in [0, 0.1) is 5.92 Å². The Balaban J connectivity index is 5.10. The van der Waals surface area contributed by atoms with Gasteiger partial charge in [-0.25, -0.2) is 4.79 Å². The lowest BCUT2D eigenvalue weighted by molar-refractivity contribution is -0.143. The van der Waals surface area contributed by atoms with Crippen LogP contribution in [-0.2, 0) is 19.2 Å². The lowest BCUT2D eigenvalue weighted by atomic mass is 10.0. The van der Waals surface area contributed by atoms with Gasteiger partial charge in [0, 0.05) is 6.54 Å². The fraction of sp³-hybridized carbons (Fsp3) is 0.737. The van der Waals surface area contributed by atoms with Crippen LogP contribution in [0.15, 0.2) is 4.99 Å². The van der Waals surface area contributed by atoms with Crippen molar-refractivity contribution in [2.45, 2.75) is 57.3 Å². The summed E-state index contributed by atoms with van der Waals surface area (Å²) >= 11 is 1.45. The number of aliphatic carboxylic acids is 1. The van der Waals surface area contributed by atoms with E-state index in [1.54, 1.807) is 13.8 Å². The molecule has 0 bridgehead atoms. The Morgan fingerprint density at radius 3 is 2.03 bits per heavy atom. The zero-order chi connectivity index (χ0) is 25.6. The summed E-state index contributed by atoms with van der Waals surface area (Å²) in [6.45, 7) is 2.77. The molecule has 0 saturated heterocycles. The maximum atomic E-state index is 12.7. The zero-order valence-electron chi connectivity index (χ0n) is 19.2. The molecule has 4 atom stereocenters. The van der Waals surface area contributed by atoms with Gasteiger partial charge in [0.15, 0.2) is 5.96 Å². The Labute approximate surface area is 197 Å². The molecule has 3 amide bonds. The number of rotatable bonds is 16. The second-order valence-corrected chi connectivity index (χ2v) is 8.70. The number of nitrogens with zero attached hydrogens (tertiary/aromatic N) is 1. The molecular weight excluding hydrogens is 454 g/mol. The average molecular weight is 492 g/mol. The molecule has 0 fully saturated rings. The molecule has 0 aromatic rings. The maximum absolute atomic E-state index is 12.7. The molecule has 4 unspecified atom stereocenters. The molecule has 0 radical (unpaired) electrons. The largest absolute Gasteiger partial charge is 0.480 e. The van der Waals surface area contributed by atoms with E-state index in [1.165, 1.54) is 11.8 Å². The van der Waals surface area contributed by atoms with Crippen LogP contribution in [0.2, 0.25) is 0 Å². The Bertz CT molecular complexity index is 688. The van der Waals surface area contributed by atoms with E-state index in [-0.39, 0.29) is 18.8 Å². The van der Waals surface area contributed by atoms with E-state index >= 15 is 0 Å². The number of carboxylic acids is 1. The highest BCUT2D eigenvalue weighted by Crippen LogP contribution is 2.05.